The lowest BCUT2D eigenvalue weighted by Gasteiger charge is -2.18. The molecule has 0 bridgehead atoms. The van der Waals surface area contributed by atoms with Crippen LogP contribution < -0.4 is 5.32 Å². The zero-order valence-electron chi connectivity index (χ0n) is 10.9. The monoisotopic (exact) mass is 263 g/mol. The van der Waals surface area contributed by atoms with Crippen molar-refractivity contribution in [3.63, 3.8) is 0 Å². The Morgan fingerprint density at radius 2 is 2.22 bits per heavy atom. The van der Waals surface area contributed by atoms with Crippen molar-refractivity contribution in [1.29, 1.82) is 0 Å². The highest BCUT2D eigenvalue weighted by Gasteiger charge is 2.12. The number of hydrogen-bond donors (Lipinski definition) is 1. The molecule has 4 heteroatoms. The van der Waals surface area contributed by atoms with E-state index in [0.29, 0.717) is 0 Å². The molecule has 0 aliphatic rings. The molecule has 0 radical (unpaired) electrons. The third kappa shape index (κ3) is 2.85. The summed E-state index contributed by atoms with van der Waals surface area (Å²) in [5, 5.41) is 8.63. The normalized spacial score (nSPS) is 12.4. The summed E-state index contributed by atoms with van der Waals surface area (Å²) in [4.78, 5) is 0. The highest BCUT2D eigenvalue weighted by atomic mass is 35.5. The van der Waals surface area contributed by atoms with Gasteiger partial charge in [0.05, 0.1) is 17.4 Å². The van der Waals surface area contributed by atoms with Crippen LogP contribution in [0.1, 0.15) is 30.6 Å². The summed E-state index contributed by atoms with van der Waals surface area (Å²) in [6.45, 7) is 4.16. The number of nitrogens with one attached hydrogen (secondary N) is 1. The van der Waals surface area contributed by atoms with E-state index in [1.807, 2.05) is 43.0 Å². The van der Waals surface area contributed by atoms with Crippen LogP contribution in [0.15, 0.2) is 30.5 Å². The fourth-order valence-corrected chi connectivity index (χ4v) is 2.27. The maximum absolute atomic E-state index is 6.04. The van der Waals surface area contributed by atoms with Gasteiger partial charge in [-0.2, -0.15) is 5.10 Å². The van der Waals surface area contributed by atoms with Crippen molar-refractivity contribution in [2.24, 2.45) is 7.05 Å². The Morgan fingerprint density at radius 1 is 1.44 bits per heavy atom. The Kier molecular flexibility index (Phi) is 3.92. The summed E-state index contributed by atoms with van der Waals surface area (Å²) < 4.78 is 1.82. The molecule has 2 rings (SSSR count). The molecular weight excluding hydrogens is 246 g/mol. The fraction of sp³-hybridized carbons (Fsp3) is 0.357. The maximum atomic E-state index is 6.04. The number of hydrogen-bond acceptors (Lipinski definition) is 2. The van der Waals surface area contributed by atoms with Crippen LogP contribution in [0.4, 0.5) is 5.69 Å². The standard InChI is InChI=1S/C14H18ClN3/c1-4-13(11-6-5-7-12(15)8-11)16-14-9-18(3)17-10(14)2/h5-9,13,16H,4H2,1-3H3. The van der Waals surface area contributed by atoms with Gasteiger partial charge in [-0.25, -0.2) is 0 Å². The van der Waals surface area contributed by atoms with Crippen molar-refractivity contribution < 1.29 is 0 Å². The second-order valence-electron chi connectivity index (χ2n) is 4.46. The van der Waals surface area contributed by atoms with Crippen LogP contribution in [-0.4, -0.2) is 9.78 Å². The van der Waals surface area contributed by atoms with Gasteiger partial charge in [0.15, 0.2) is 0 Å². The van der Waals surface area contributed by atoms with Gasteiger partial charge in [-0.1, -0.05) is 30.7 Å². The largest absolute Gasteiger partial charge is 0.375 e. The Bertz CT molecular complexity index is 534. The lowest BCUT2D eigenvalue weighted by atomic mass is 10.0. The van der Waals surface area contributed by atoms with Crippen molar-refractivity contribution >= 4 is 17.3 Å². The second kappa shape index (κ2) is 5.44. The van der Waals surface area contributed by atoms with Gasteiger partial charge in [-0.05, 0) is 31.0 Å². The van der Waals surface area contributed by atoms with E-state index in [2.05, 4.69) is 23.4 Å². The first-order valence-electron chi connectivity index (χ1n) is 6.12. The molecule has 18 heavy (non-hydrogen) atoms. The number of nitrogens with zero attached hydrogens (tertiary/aromatic N) is 2. The van der Waals surface area contributed by atoms with Crippen molar-refractivity contribution in [3.8, 4) is 0 Å². The number of aromatic nitrogens is 2. The lowest BCUT2D eigenvalue weighted by molar-refractivity contribution is 0.747. The number of aryl methyl sites for hydroxylation is 2. The van der Waals surface area contributed by atoms with Gasteiger partial charge in [0.25, 0.3) is 0 Å². The molecule has 0 saturated carbocycles. The molecule has 0 saturated heterocycles. The van der Waals surface area contributed by atoms with Gasteiger partial charge < -0.3 is 5.32 Å². The molecule has 3 nitrogen and oxygen atoms in total. The van der Waals surface area contributed by atoms with E-state index >= 15 is 0 Å². The average molecular weight is 264 g/mol. The van der Waals surface area contributed by atoms with Crippen LogP contribution in [0.5, 0.6) is 0 Å². The predicted octanol–water partition coefficient (Wildman–Crippen LogP) is 3.95. The van der Waals surface area contributed by atoms with E-state index in [9.17, 15) is 0 Å². The Labute approximate surface area is 113 Å². The SMILES string of the molecule is CCC(Nc1cn(C)nc1C)c1cccc(Cl)c1. The minimum absolute atomic E-state index is 0.256. The van der Waals surface area contributed by atoms with Gasteiger partial charge in [-0.15, -0.1) is 0 Å². The third-order valence-electron chi connectivity index (χ3n) is 3.00. The van der Waals surface area contributed by atoms with Crippen LogP contribution in [0.2, 0.25) is 5.02 Å². The minimum atomic E-state index is 0.256. The molecule has 1 aromatic heterocycles. The summed E-state index contributed by atoms with van der Waals surface area (Å²) >= 11 is 6.04. The van der Waals surface area contributed by atoms with Crippen LogP contribution in [0.3, 0.4) is 0 Å². The summed E-state index contributed by atoms with van der Waals surface area (Å²) in [6.07, 6.45) is 3.00. The van der Waals surface area contributed by atoms with E-state index in [4.69, 9.17) is 11.6 Å². The smallest absolute Gasteiger partial charge is 0.0825 e. The van der Waals surface area contributed by atoms with Crippen molar-refractivity contribution in [2.45, 2.75) is 26.3 Å². The summed E-state index contributed by atoms with van der Waals surface area (Å²) in [5.74, 6) is 0. The summed E-state index contributed by atoms with van der Waals surface area (Å²) in [5.41, 5.74) is 3.29. The van der Waals surface area contributed by atoms with Crippen molar-refractivity contribution in [3.05, 3.63) is 46.7 Å². The van der Waals surface area contributed by atoms with E-state index < -0.39 is 0 Å². The Morgan fingerprint density at radius 3 is 2.78 bits per heavy atom. The first kappa shape index (κ1) is 13.0. The third-order valence-corrected chi connectivity index (χ3v) is 3.24. The average Bonchev–Trinajstić information content (AvgIpc) is 2.64. The summed E-state index contributed by atoms with van der Waals surface area (Å²) in [6, 6.07) is 8.24. The van der Waals surface area contributed by atoms with E-state index in [1.54, 1.807) is 0 Å². The van der Waals surface area contributed by atoms with Gasteiger partial charge in [0.2, 0.25) is 0 Å². The van der Waals surface area contributed by atoms with Crippen molar-refractivity contribution in [2.75, 3.05) is 5.32 Å². The molecule has 2 aromatic rings. The van der Waals surface area contributed by atoms with E-state index in [0.717, 1.165) is 22.8 Å². The molecule has 0 fully saturated rings. The van der Waals surface area contributed by atoms with Crippen LogP contribution >= 0.6 is 11.6 Å². The molecule has 1 atom stereocenters. The predicted molar refractivity (Wildman–Crippen MR) is 76.1 cm³/mol. The highest BCUT2D eigenvalue weighted by molar-refractivity contribution is 6.30. The topological polar surface area (TPSA) is 29.9 Å². The molecule has 0 aliphatic heterocycles. The van der Waals surface area contributed by atoms with E-state index in [-0.39, 0.29) is 6.04 Å². The number of halogens is 1. The quantitative estimate of drug-likeness (QED) is 0.905. The van der Waals surface area contributed by atoms with Crippen molar-refractivity contribution in [1.82, 2.24) is 9.78 Å². The minimum Gasteiger partial charge on any atom is -0.375 e. The van der Waals surface area contributed by atoms with Gasteiger partial charge in [0, 0.05) is 18.3 Å². The molecule has 0 spiro atoms. The van der Waals surface area contributed by atoms with Crippen LogP contribution in [0, 0.1) is 6.92 Å². The molecule has 96 valence electrons. The molecule has 0 amide bonds. The summed E-state index contributed by atoms with van der Waals surface area (Å²) in [7, 11) is 1.93. The van der Waals surface area contributed by atoms with E-state index in [1.165, 1.54) is 5.56 Å². The molecule has 1 aromatic carbocycles. The van der Waals surface area contributed by atoms with Gasteiger partial charge >= 0.3 is 0 Å². The molecule has 0 aliphatic carbocycles. The van der Waals surface area contributed by atoms with Gasteiger partial charge in [0.1, 0.15) is 0 Å². The van der Waals surface area contributed by atoms with Gasteiger partial charge in [-0.3, -0.25) is 4.68 Å². The molecule has 1 unspecified atom stereocenters. The van der Waals surface area contributed by atoms with Crippen LogP contribution in [0.25, 0.3) is 0 Å². The fourth-order valence-electron chi connectivity index (χ4n) is 2.07. The zero-order valence-corrected chi connectivity index (χ0v) is 11.7. The highest BCUT2D eigenvalue weighted by Crippen LogP contribution is 2.25. The number of rotatable bonds is 4. The Hall–Kier alpha value is -1.48. The lowest BCUT2D eigenvalue weighted by Crippen LogP contribution is -2.09. The first-order chi connectivity index (χ1) is 8.60. The first-order valence-corrected chi connectivity index (χ1v) is 6.50. The number of anilines is 1. The molecule has 1 heterocycles. The molecular formula is C14H18ClN3. The second-order valence-corrected chi connectivity index (χ2v) is 4.90. The zero-order chi connectivity index (χ0) is 13.1. The maximum Gasteiger partial charge on any atom is 0.0825 e. The Balaban J connectivity index is 2.22. The van der Waals surface area contributed by atoms with Crippen LogP contribution in [-0.2, 0) is 7.05 Å². The number of benzene rings is 1. The molecule has 1 N–H and O–H groups in total.